The van der Waals surface area contributed by atoms with Gasteiger partial charge in [0.25, 0.3) is 0 Å². The minimum absolute atomic E-state index is 0.630. The molecule has 0 aliphatic heterocycles. The lowest BCUT2D eigenvalue weighted by Crippen LogP contribution is -2.11. The molecule has 2 aromatic rings. The molecule has 0 aliphatic rings. The van der Waals surface area contributed by atoms with E-state index in [1.807, 2.05) is 12.1 Å². The summed E-state index contributed by atoms with van der Waals surface area (Å²) in [6.45, 7) is 2.67. The van der Waals surface area contributed by atoms with Gasteiger partial charge in [-0.05, 0) is 18.2 Å². The van der Waals surface area contributed by atoms with Crippen LogP contribution in [0.25, 0.3) is 10.2 Å². The number of thiazole rings is 1. The fourth-order valence-electron chi connectivity index (χ4n) is 1.45. The second kappa shape index (κ2) is 7.04. The van der Waals surface area contributed by atoms with E-state index in [0.717, 1.165) is 21.7 Å². The van der Waals surface area contributed by atoms with Gasteiger partial charge >= 0.3 is 0 Å². The topological polar surface area (TPSA) is 43.4 Å². The van der Waals surface area contributed by atoms with Gasteiger partial charge in [-0.2, -0.15) is 0 Å². The zero-order valence-electron chi connectivity index (χ0n) is 10.1. The molecule has 0 amide bonds. The molecule has 0 bridgehead atoms. The molecule has 1 N–H and O–H groups in total. The summed E-state index contributed by atoms with van der Waals surface area (Å²) in [4.78, 5) is 4.50. The maximum atomic E-state index is 5.37. The van der Waals surface area contributed by atoms with E-state index in [-0.39, 0.29) is 0 Å². The molecule has 1 aromatic heterocycles. The second-order valence-electron chi connectivity index (χ2n) is 3.66. The molecule has 0 unspecified atom stereocenters. The van der Waals surface area contributed by atoms with Gasteiger partial charge in [-0.3, -0.25) is 0 Å². The first-order chi connectivity index (χ1) is 8.79. The molecular formula is C12H15BrN2O2S. The monoisotopic (exact) mass is 330 g/mol. The first-order valence-electron chi connectivity index (χ1n) is 5.66. The molecule has 0 saturated carbocycles. The fraction of sp³-hybridized carbons (Fsp3) is 0.417. The molecule has 1 heterocycles. The Hall–Kier alpha value is -0.690. The van der Waals surface area contributed by atoms with Crippen molar-refractivity contribution in [3.63, 3.8) is 0 Å². The van der Waals surface area contributed by atoms with Crippen LogP contribution in [0.15, 0.2) is 22.7 Å². The largest absolute Gasteiger partial charge is 0.382 e. The van der Waals surface area contributed by atoms with Gasteiger partial charge in [-0.25, -0.2) is 4.98 Å². The van der Waals surface area contributed by atoms with Crippen molar-refractivity contribution in [2.75, 3.05) is 38.8 Å². The van der Waals surface area contributed by atoms with E-state index < -0.39 is 0 Å². The maximum Gasteiger partial charge on any atom is 0.183 e. The van der Waals surface area contributed by atoms with Crippen molar-refractivity contribution in [3.8, 4) is 0 Å². The summed E-state index contributed by atoms with van der Waals surface area (Å²) in [5, 5.41) is 4.19. The van der Waals surface area contributed by atoms with E-state index in [2.05, 4.69) is 32.3 Å². The summed E-state index contributed by atoms with van der Waals surface area (Å²) < 4.78 is 12.5. The van der Waals surface area contributed by atoms with Crippen molar-refractivity contribution in [1.82, 2.24) is 4.98 Å². The third-order valence-corrected chi connectivity index (χ3v) is 3.79. The van der Waals surface area contributed by atoms with Crippen molar-refractivity contribution in [2.24, 2.45) is 0 Å². The highest BCUT2D eigenvalue weighted by Crippen LogP contribution is 2.27. The fourth-order valence-corrected chi connectivity index (χ4v) is 2.67. The van der Waals surface area contributed by atoms with Crippen LogP contribution in [-0.2, 0) is 9.47 Å². The van der Waals surface area contributed by atoms with Gasteiger partial charge in [0.05, 0.1) is 30.0 Å². The highest BCUT2D eigenvalue weighted by molar-refractivity contribution is 9.10. The van der Waals surface area contributed by atoms with Gasteiger partial charge in [0.15, 0.2) is 5.13 Å². The molecule has 0 atom stereocenters. The number of nitrogens with zero attached hydrogens (tertiary/aromatic N) is 1. The number of nitrogens with one attached hydrogen (secondary N) is 1. The van der Waals surface area contributed by atoms with E-state index >= 15 is 0 Å². The molecule has 1 aromatic carbocycles. The number of methoxy groups -OCH3 is 1. The average Bonchev–Trinajstić information content (AvgIpc) is 2.75. The Morgan fingerprint density at radius 3 is 3.06 bits per heavy atom. The third kappa shape index (κ3) is 3.91. The van der Waals surface area contributed by atoms with Crippen LogP contribution in [-0.4, -0.2) is 38.5 Å². The lowest BCUT2D eigenvalue weighted by atomic mass is 10.3. The molecule has 0 saturated heterocycles. The molecule has 18 heavy (non-hydrogen) atoms. The molecule has 6 heteroatoms. The van der Waals surface area contributed by atoms with Crippen molar-refractivity contribution in [2.45, 2.75) is 0 Å². The van der Waals surface area contributed by atoms with Crippen LogP contribution in [0.4, 0.5) is 5.13 Å². The number of aromatic nitrogens is 1. The predicted molar refractivity (Wildman–Crippen MR) is 78.5 cm³/mol. The number of hydrogen-bond acceptors (Lipinski definition) is 5. The van der Waals surface area contributed by atoms with Gasteiger partial charge < -0.3 is 14.8 Å². The normalized spacial score (nSPS) is 11.0. The Morgan fingerprint density at radius 2 is 2.22 bits per heavy atom. The van der Waals surface area contributed by atoms with Crippen molar-refractivity contribution < 1.29 is 9.47 Å². The summed E-state index contributed by atoms with van der Waals surface area (Å²) in [5.74, 6) is 0. The highest BCUT2D eigenvalue weighted by atomic mass is 79.9. The van der Waals surface area contributed by atoms with Crippen LogP contribution in [0.2, 0.25) is 0 Å². The molecular weight excluding hydrogens is 316 g/mol. The second-order valence-corrected chi connectivity index (χ2v) is 5.61. The summed E-state index contributed by atoms with van der Waals surface area (Å²) in [7, 11) is 1.67. The molecule has 0 fully saturated rings. The van der Waals surface area contributed by atoms with E-state index in [1.165, 1.54) is 4.70 Å². The van der Waals surface area contributed by atoms with Gasteiger partial charge in [0, 0.05) is 18.1 Å². The standard InChI is InChI=1S/C12H15BrN2O2S/c1-16-6-7-17-5-4-14-12-15-10-8-9(13)2-3-11(10)18-12/h2-3,8H,4-7H2,1H3,(H,14,15). The molecule has 0 radical (unpaired) electrons. The number of hydrogen-bond donors (Lipinski definition) is 1. The van der Waals surface area contributed by atoms with Crippen molar-refractivity contribution in [1.29, 1.82) is 0 Å². The Labute approximate surface area is 118 Å². The van der Waals surface area contributed by atoms with E-state index in [0.29, 0.717) is 19.8 Å². The third-order valence-electron chi connectivity index (χ3n) is 2.30. The smallest absolute Gasteiger partial charge is 0.183 e. The minimum atomic E-state index is 0.630. The molecule has 0 spiro atoms. The maximum absolute atomic E-state index is 5.37. The predicted octanol–water partition coefficient (Wildman–Crippen LogP) is 3.13. The zero-order valence-corrected chi connectivity index (χ0v) is 12.5. The Kier molecular flexibility index (Phi) is 5.37. The first kappa shape index (κ1) is 13.7. The quantitative estimate of drug-likeness (QED) is 0.792. The number of halogens is 1. The van der Waals surface area contributed by atoms with Crippen LogP contribution >= 0.6 is 27.3 Å². The summed E-state index contributed by atoms with van der Waals surface area (Å²) in [6, 6.07) is 6.11. The van der Waals surface area contributed by atoms with Crippen LogP contribution in [0.1, 0.15) is 0 Å². The zero-order chi connectivity index (χ0) is 12.8. The Bertz CT molecular complexity index is 504. The molecule has 98 valence electrons. The van der Waals surface area contributed by atoms with Gasteiger partial charge in [-0.1, -0.05) is 27.3 Å². The van der Waals surface area contributed by atoms with Crippen LogP contribution in [0.5, 0.6) is 0 Å². The summed E-state index contributed by atoms with van der Waals surface area (Å²) in [5.41, 5.74) is 1.01. The molecule has 2 rings (SSSR count). The number of fused-ring (bicyclic) bond motifs is 1. The lowest BCUT2D eigenvalue weighted by molar-refractivity contribution is 0.0759. The first-order valence-corrected chi connectivity index (χ1v) is 7.27. The van der Waals surface area contributed by atoms with Gasteiger partial charge in [0.1, 0.15) is 0 Å². The van der Waals surface area contributed by atoms with Crippen LogP contribution in [0.3, 0.4) is 0 Å². The lowest BCUT2D eigenvalue weighted by Gasteiger charge is -2.03. The SMILES string of the molecule is COCCOCCNc1nc2cc(Br)ccc2s1. The Balaban J connectivity index is 1.81. The number of rotatable bonds is 7. The number of benzene rings is 1. The molecule has 0 aliphatic carbocycles. The van der Waals surface area contributed by atoms with Crippen molar-refractivity contribution >= 4 is 42.6 Å². The van der Waals surface area contributed by atoms with Crippen molar-refractivity contribution in [3.05, 3.63) is 22.7 Å². The van der Waals surface area contributed by atoms with E-state index in [4.69, 9.17) is 9.47 Å². The van der Waals surface area contributed by atoms with E-state index in [9.17, 15) is 0 Å². The van der Waals surface area contributed by atoms with Crippen LogP contribution in [0, 0.1) is 0 Å². The highest BCUT2D eigenvalue weighted by Gasteiger charge is 2.03. The van der Waals surface area contributed by atoms with Gasteiger partial charge in [0.2, 0.25) is 0 Å². The Morgan fingerprint density at radius 1 is 1.33 bits per heavy atom. The van der Waals surface area contributed by atoms with E-state index in [1.54, 1.807) is 18.4 Å². The number of ether oxygens (including phenoxy) is 2. The van der Waals surface area contributed by atoms with Gasteiger partial charge in [-0.15, -0.1) is 0 Å². The summed E-state index contributed by atoms with van der Waals surface area (Å²) in [6.07, 6.45) is 0. The summed E-state index contributed by atoms with van der Waals surface area (Å²) >= 11 is 5.09. The number of anilines is 1. The van der Waals surface area contributed by atoms with Crippen LogP contribution < -0.4 is 5.32 Å². The minimum Gasteiger partial charge on any atom is -0.382 e. The average molecular weight is 331 g/mol. The molecule has 4 nitrogen and oxygen atoms in total.